The summed E-state index contributed by atoms with van der Waals surface area (Å²) >= 11 is 3.32. The Morgan fingerprint density at radius 3 is 2.92 bits per heavy atom. The van der Waals surface area contributed by atoms with Crippen molar-refractivity contribution >= 4 is 45.4 Å². The van der Waals surface area contributed by atoms with Crippen molar-refractivity contribution in [3.63, 3.8) is 0 Å². The molecule has 5 heterocycles. The Morgan fingerprint density at radius 2 is 2.10 bits per heavy atom. The molecule has 0 bridgehead atoms. The summed E-state index contributed by atoms with van der Waals surface area (Å²) < 4.78 is 22.6. The number of ether oxygens (including phenoxy) is 4. The first-order valence-electron chi connectivity index (χ1n) is 16.1. The number of nitriles is 1. The number of methoxy groups -OCH3 is 1. The number of nitrogens with two attached hydrogens (primary N) is 1. The molecule has 5 unspecified atom stereocenters. The summed E-state index contributed by atoms with van der Waals surface area (Å²) in [6, 6.07) is 10.4. The number of guanidine groups is 1. The Hall–Kier alpha value is -4.08. The highest BCUT2D eigenvalue weighted by Gasteiger charge is 2.40. The fourth-order valence-corrected chi connectivity index (χ4v) is 7.47. The normalized spacial score (nSPS) is 21.6. The van der Waals surface area contributed by atoms with Crippen LogP contribution in [0.25, 0.3) is 9.75 Å². The Bertz CT molecular complexity index is 1710. The van der Waals surface area contributed by atoms with Crippen molar-refractivity contribution in [2.24, 2.45) is 22.6 Å². The highest BCUT2D eigenvalue weighted by molar-refractivity contribution is 7.24. The number of carbonyl (C=O) groups excluding carboxylic acids is 1. The molecule has 0 spiro atoms. The van der Waals surface area contributed by atoms with Gasteiger partial charge in [-0.15, -0.1) is 22.7 Å². The number of likely N-dealkylation sites (N-methyl/N-ethyl adjacent to an activating group) is 1. The molecular weight excluding hydrogens is 667 g/mol. The third kappa shape index (κ3) is 9.34. The molecule has 6 rings (SSSR count). The number of nitrogens with one attached hydrogen (secondary N) is 4. The summed E-state index contributed by atoms with van der Waals surface area (Å²) in [7, 11) is 3.62. The highest BCUT2D eigenvalue weighted by Crippen LogP contribution is 2.37. The number of hydrogen-bond donors (Lipinski definition) is 5. The minimum atomic E-state index is -0.728. The predicted molar refractivity (Wildman–Crippen MR) is 189 cm³/mol. The molecule has 1 aliphatic carbocycles. The Balaban J connectivity index is 0.858. The summed E-state index contributed by atoms with van der Waals surface area (Å²) in [5, 5.41) is 19.8. The van der Waals surface area contributed by atoms with E-state index in [2.05, 4.69) is 78.3 Å². The number of thiophene rings is 2. The summed E-state index contributed by atoms with van der Waals surface area (Å²) in [5.74, 6) is 0.290. The minimum absolute atomic E-state index is 0.0994. The van der Waals surface area contributed by atoms with Crippen LogP contribution >= 0.6 is 22.7 Å². The zero-order valence-electron chi connectivity index (χ0n) is 27.4. The molecule has 3 aliphatic rings. The number of aromatic nitrogens is 2. The van der Waals surface area contributed by atoms with Crippen LogP contribution in [0.15, 0.2) is 59.4 Å². The molecule has 16 heteroatoms. The van der Waals surface area contributed by atoms with Gasteiger partial charge in [0.25, 0.3) is 0 Å². The lowest BCUT2D eigenvalue weighted by Crippen LogP contribution is -2.33. The number of amides is 1. The predicted octanol–water partition coefficient (Wildman–Crippen LogP) is 3.33. The van der Waals surface area contributed by atoms with E-state index < -0.39 is 12.1 Å². The molecule has 260 valence electrons. The second kappa shape index (κ2) is 16.5. The zero-order chi connectivity index (χ0) is 34.2. The number of rotatable bonds is 18. The van der Waals surface area contributed by atoms with E-state index in [0.29, 0.717) is 44.5 Å². The number of epoxide rings is 1. The van der Waals surface area contributed by atoms with E-state index in [9.17, 15) is 10.1 Å². The van der Waals surface area contributed by atoms with Gasteiger partial charge in [0.05, 0.1) is 37.2 Å². The van der Waals surface area contributed by atoms with Crippen LogP contribution in [0.3, 0.4) is 0 Å². The van der Waals surface area contributed by atoms with Crippen molar-refractivity contribution in [3.8, 4) is 15.8 Å². The number of hydrogen-bond acceptors (Lipinski definition) is 14. The molecule has 14 nitrogen and oxygen atoms in total. The molecule has 3 aromatic heterocycles. The van der Waals surface area contributed by atoms with Crippen LogP contribution in [0.4, 0.5) is 10.8 Å². The second-order valence-electron chi connectivity index (χ2n) is 11.8. The van der Waals surface area contributed by atoms with E-state index in [1.54, 1.807) is 36.1 Å². The summed E-state index contributed by atoms with van der Waals surface area (Å²) in [6.45, 7) is 3.29. The summed E-state index contributed by atoms with van der Waals surface area (Å²) in [6.07, 6.45) is 8.51. The monoisotopic (exact) mass is 707 g/mol. The van der Waals surface area contributed by atoms with Gasteiger partial charge < -0.3 is 45.2 Å². The van der Waals surface area contributed by atoms with Crippen molar-refractivity contribution in [1.82, 2.24) is 20.6 Å². The molecule has 1 saturated heterocycles. The molecular formula is C33H41N9O5S2. The molecule has 5 atom stereocenters. The number of nitrogens with zero attached hydrogens (tertiary/aromatic N) is 4. The molecule has 6 N–H and O–H groups in total. The molecule has 2 aliphatic heterocycles. The van der Waals surface area contributed by atoms with Crippen molar-refractivity contribution in [2.45, 2.75) is 31.6 Å². The lowest BCUT2D eigenvalue weighted by atomic mass is 9.97. The van der Waals surface area contributed by atoms with Crippen LogP contribution in [-0.4, -0.2) is 88.0 Å². The van der Waals surface area contributed by atoms with Gasteiger partial charge in [0.2, 0.25) is 5.91 Å². The standard InChI is InChI=1S/C33H41N9O5S2/c1-42(26-10-9-25(49-26)24-8-7-23(48-24)15-22(16-34)29(43)36-11-13-44-2)12-14-45-32-31(47-32)37-17-20-3-5-21(6-4-20)18-46-30-27-28(39-19-38-27)40-33(35)41-30/h3,5-10,19-20,22,30-32,37H,4,11-15,17-18H2,1-2H3,(H,36,43)(H,38,39)(H3,35,40,41). The van der Waals surface area contributed by atoms with Crippen molar-refractivity contribution in [3.05, 3.63) is 65.0 Å². The molecule has 0 aromatic carbocycles. The third-order valence-electron chi connectivity index (χ3n) is 8.19. The maximum atomic E-state index is 12.3. The fourth-order valence-electron chi connectivity index (χ4n) is 5.34. The van der Waals surface area contributed by atoms with Crippen molar-refractivity contribution in [1.29, 1.82) is 5.26 Å². The van der Waals surface area contributed by atoms with E-state index in [0.717, 1.165) is 50.4 Å². The number of carbonyl (C=O) groups is 1. The van der Waals surface area contributed by atoms with Gasteiger partial charge >= 0.3 is 0 Å². The summed E-state index contributed by atoms with van der Waals surface area (Å²) in [5.41, 5.74) is 7.71. The van der Waals surface area contributed by atoms with Crippen LogP contribution in [0.5, 0.6) is 0 Å². The molecule has 0 saturated carbocycles. The smallest absolute Gasteiger partial charge is 0.237 e. The van der Waals surface area contributed by atoms with Gasteiger partial charge in [0.1, 0.15) is 11.6 Å². The first kappa shape index (κ1) is 34.8. The average molecular weight is 708 g/mol. The second-order valence-corrected chi connectivity index (χ2v) is 14.0. The number of fused-ring (bicyclic) bond motifs is 1. The topological polar surface area (TPSA) is 187 Å². The Kier molecular flexibility index (Phi) is 11.7. The summed E-state index contributed by atoms with van der Waals surface area (Å²) in [4.78, 5) is 29.3. The minimum Gasteiger partial charge on any atom is -0.383 e. The molecule has 3 aromatic rings. The van der Waals surface area contributed by atoms with E-state index in [-0.39, 0.29) is 24.4 Å². The SMILES string of the molecule is COCCNC(=O)C(C#N)Cc1ccc(-c2ccc(N(C)CCOC3OC3NCC3C=CC(COC4N=C(N)Nc5nc[nH]c54)=CC3)s2)s1. The van der Waals surface area contributed by atoms with Crippen LogP contribution in [0.1, 0.15) is 23.2 Å². The molecule has 0 radical (unpaired) electrons. The number of anilines is 2. The van der Waals surface area contributed by atoms with E-state index in [1.807, 2.05) is 13.1 Å². The Labute approximate surface area is 293 Å². The number of allylic oxidation sites excluding steroid dienone is 1. The van der Waals surface area contributed by atoms with Gasteiger partial charge in [-0.3, -0.25) is 10.1 Å². The maximum absolute atomic E-state index is 12.3. The van der Waals surface area contributed by atoms with Crippen LogP contribution < -0.4 is 26.6 Å². The molecule has 1 amide bonds. The van der Waals surface area contributed by atoms with Gasteiger partial charge in [0, 0.05) is 54.8 Å². The lowest BCUT2D eigenvalue weighted by molar-refractivity contribution is -0.123. The average Bonchev–Trinajstić information content (AvgIpc) is 3.51. The largest absolute Gasteiger partial charge is 0.383 e. The van der Waals surface area contributed by atoms with Gasteiger partial charge in [-0.25, -0.2) is 9.98 Å². The number of imidazole rings is 1. The lowest BCUT2D eigenvalue weighted by Gasteiger charge is -2.21. The molecule has 1 fully saturated rings. The fraction of sp³-hybridized carbons (Fsp3) is 0.455. The molecule has 49 heavy (non-hydrogen) atoms. The van der Waals surface area contributed by atoms with Crippen LogP contribution in [0, 0.1) is 23.2 Å². The number of H-pyrrole nitrogens is 1. The van der Waals surface area contributed by atoms with E-state index in [1.165, 1.54) is 0 Å². The van der Waals surface area contributed by atoms with E-state index >= 15 is 0 Å². The Morgan fingerprint density at radius 1 is 1.24 bits per heavy atom. The number of aliphatic imine (C=N–C) groups is 1. The van der Waals surface area contributed by atoms with Gasteiger partial charge in [-0.2, -0.15) is 5.26 Å². The maximum Gasteiger partial charge on any atom is 0.237 e. The van der Waals surface area contributed by atoms with Gasteiger partial charge in [0.15, 0.2) is 30.5 Å². The van der Waals surface area contributed by atoms with E-state index in [4.69, 9.17) is 24.7 Å². The van der Waals surface area contributed by atoms with Crippen molar-refractivity contribution < 1.29 is 23.7 Å². The van der Waals surface area contributed by atoms with Crippen LogP contribution in [-0.2, 0) is 30.2 Å². The van der Waals surface area contributed by atoms with Gasteiger partial charge in [-0.1, -0.05) is 18.2 Å². The van der Waals surface area contributed by atoms with Crippen LogP contribution in [0.2, 0.25) is 0 Å². The first-order valence-corrected chi connectivity index (χ1v) is 17.7. The quantitative estimate of drug-likeness (QED) is 0.0964. The first-order chi connectivity index (χ1) is 23.9. The highest BCUT2D eigenvalue weighted by atomic mass is 32.1. The zero-order valence-corrected chi connectivity index (χ0v) is 29.0. The number of aromatic amines is 1. The van der Waals surface area contributed by atoms with Crippen molar-refractivity contribution in [2.75, 3.05) is 63.8 Å². The van der Waals surface area contributed by atoms with Gasteiger partial charge in [-0.05, 0) is 42.2 Å². The third-order valence-corrected chi connectivity index (χ3v) is 10.7.